The molecule has 0 bridgehead atoms. The first-order chi connectivity index (χ1) is 16.2. The van der Waals surface area contributed by atoms with Gasteiger partial charge in [-0.3, -0.25) is 9.69 Å². The average Bonchev–Trinajstić information content (AvgIpc) is 2.82. The third-order valence-electron chi connectivity index (χ3n) is 7.49. The number of aromatic hydroxyl groups is 2. The Morgan fingerprint density at radius 1 is 1.12 bits per heavy atom. The van der Waals surface area contributed by atoms with Crippen LogP contribution in [0.2, 0.25) is 0 Å². The fourth-order valence-electron chi connectivity index (χ4n) is 5.60. The van der Waals surface area contributed by atoms with Gasteiger partial charge in [0, 0.05) is 17.8 Å². The van der Waals surface area contributed by atoms with Crippen LogP contribution in [0.4, 0.5) is 0 Å². The second-order valence-corrected chi connectivity index (χ2v) is 11.9. The van der Waals surface area contributed by atoms with Crippen molar-refractivity contribution < 1.29 is 15.0 Å². The SMILES string of the molecule is C[C@H](CNC(=O)[C@H]1Cc2ccc(O)cc2CS1)CC(C)(C)N1CCC(c2cccc(O)c2)CC1. The number of carbonyl (C=O) groups excluding carboxylic acids is 1. The largest absolute Gasteiger partial charge is 0.508 e. The molecule has 0 saturated carbocycles. The van der Waals surface area contributed by atoms with E-state index < -0.39 is 0 Å². The van der Waals surface area contributed by atoms with Crippen molar-refractivity contribution in [1.29, 1.82) is 0 Å². The Kier molecular flexibility index (Phi) is 7.78. The van der Waals surface area contributed by atoms with Crippen LogP contribution in [-0.2, 0) is 17.0 Å². The Morgan fingerprint density at radius 3 is 2.59 bits per heavy atom. The predicted octanol–water partition coefficient (Wildman–Crippen LogP) is 5.06. The van der Waals surface area contributed by atoms with Gasteiger partial charge in [-0.1, -0.05) is 25.1 Å². The number of amides is 1. The maximum Gasteiger partial charge on any atom is 0.233 e. The molecule has 2 aromatic carbocycles. The van der Waals surface area contributed by atoms with Crippen molar-refractivity contribution in [2.75, 3.05) is 19.6 Å². The van der Waals surface area contributed by atoms with Gasteiger partial charge in [0.05, 0.1) is 5.25 Å². The summed E-state index contributed by atoms with van der Waals surface area (Å²) in [5.41, 5.74) is 3.62. The van der Waals surface area contributed by atoms with Crippen LogP contribution in [-0.4, -0.2) is 51.4 Å². The number of nitrogens with one attached hydrogen (secondary N) is 1. The van der Waals surface area contributed by atoms with Gasteiger partial charge in [0.1, 0.15) is 11.5 Å². The summed E-state index contributed by atoms with van der Waals surface area (Å²) >= 11 is 1.66. The van der Waals surface area contributed by atoms with Crippen LogP contribution in [0.1, 0.15) is 62.6 Å². The average molecular weight is 483 g/mol. The van der Waals surface area contributed by atoms with E-state index in [1.165, 1.54) is 11.1 Å². The summed E-state index contributed by atoms with van der Waals surface area (Å²) in [4.78, 5) is 15.4. The fourth-order valence-corrected chi connectivity index (χ4v) is 6.78. The van der Waals surface area contributed by atoms with E-state index in [1.54, 1.807) is 23.9 Å². The van der Waals surface area contributed by atoms with Gasteiger partial charge in [0.15, 0.2) is 0 Å². The van der Waals surface area contributed by atoms with Gasteiger partial charge in [0.2, 0.25) is 5.91 Å². The zero-order valence-electron chi connectivity index (χ0n) is 20.6. The Bertz CT molecular complexity index is 1000. The van der Waals surface area contributed by atoms with Gasteiger partial charge in [0.25, 0.3) is 0 Å². The number of thioether (sulfide) groups is 1. The standard InChI is InChI=1S/C28H38N2O3S/c1-19(17-29-27(33)26-15-22-7-8-25(32)14-23(22)18-34-26)16-28(2,3)30-11-9-20(10-12-30)21-5-4-6-24(31)13-21/h4-8,13-14,19-20,26,31-32H,9-12,15-18H2,1-3H3,(H,29,33)/t19-,26+/m0/s1. The van der Waals surface area contributed by atoms with Crippen LogP contribution in [0.15, 0.2) is 42.5 Å². The number of likely N-dealkylation sites (tertiary alicyclic amines) is 1. The number of phenolic OH excluding ortho intramolecular Hbond substituents is 2. The summed E-state index contributed by atoms with van der Waals surface area (Å²) in [6.07, 6.45) is 3.97. The number of rotatable bonds is 7. The molecule has 0 aromatic heterocycles. The molecule has 5 nitrogen and oxygen atoms in total. The van der Waals surface area contributed by atoms with Gasteiger partial charge < -0.3 is 15.5 Å². The smallest absolute Gasteiger partial charge is 0.233 e. The van der Waals surface area contributed by atoms with Crippen LogP contribution in [0.25, 0.3) is 0 Å². The van der Waals surface area contributed by atoms with Crippen molar-refractivity contribution in [3.8, 4) is 11.5 Å². The fraction of sp³-hybridized carbons (Fsp3) is 0.536. The van der Waals surface area contributed by atoms with E-state index in [0.29, 0.717) is 29.9 Å². The number of nitrogens with zero attached hydrogens (tertiary/aromatic N) is 1. The van der Waals surface area contributed by atoms with E-state index in [4.69, 9.17) is 0 Å². The summed E-state index contributed by atoms with van der Waals surface area (Å²) < 4.78 is 0. The molecule has 1 saturated heterocycles. The van der Waals surface area contributed by atoms with Gasteiger partial charge in [-0.2, -0.15) is 0 Å². The Balaban J connectivity index is 1.23. The van der Waals surface area contributed by atoms with E-state index in [0.717, 1.165) is 50.1 Å². The highest BCUT2D eigenvalue weighted by Crippen LogP contribution is 2.35. The number of hydrogen-bond acceptors (Lipinski definition) is 5. The summed E-state index contributed by atoms with van der Waals surface area (Å²) in [5, 5.41) is 22.6. The number of benzene rings is 2. The lowest BCUT2D eigenvalue weighted by Gasteiger charge is -2.44. The summed E-state index contributed by atoms with van der Waals surface area (Å²) in [5.74, 6) is 2.44. The molecule has 4 rings (SSSR count). The number of carbonyl (C=O) groups is 1. The molecular formula is C28H38N2O3S. The highest BCUT2D eigenvalue weighted by atomic mass is 32.2. The zero-order valence-corrected chi connectivity index (χ0v) is 21.4. The van der Waals surface area contributed by atoms with Gasteiger partial charge in [-0.25, -0.2) is 0 Å². The second kappa shape index (κ2) is 10.6. The third-order valence-corrected chi connectivity index (χ3v) is 8.75. The van der Waals surface area contributed by atoms with E-state index in [-0.39, 0.29) is 16.7 Å². The van der Waals surface area contributed by atoms with Crippen LogP contribution in [0, 0.1) is 5.92 Å². The van der Waals surface area contributed by atoms with Crippen LogP contribution in [0.5, 0.6) is 11.5 Å². The number of piperidine rings is 1. The quantitative estimate of drug-likeness (QED) is 0.515. The van der Waals surface area contributed by atoms with Gasteiger partial charge >= 0.3 is 0 Å². The Hall–Kier alpha value is -2.18. The van der Waals surface area contributed by atoms with Gasteiger partial charge in [-0.05, 0) is 105 Å². The predicted molar refractivity (Wildman–Crippen MR) is 139 cm³/mol. The van der Waals surface area contributed by atoms with E-state index >= 15 is 0 Å². The first-order valence-electron chi connectivity index (χ1n) is 12.5. The summed E-state index contributed by atoms with van der Waals surface area (Å²) in [6.45, 7) is 9.68. The minimum absolute atomic E-state index is 0.0614. The molecule has 2 aliphatic heterocycles. The summed E-state index contributed by atoms with van der Waals surface area (Å²) in [6, 6.07) is 13.2. The molecule has 2 aliphatic rings. The molecule has 0 radical (unpaired) electrons. The monoisotopic (exact) mass is 482 g/mol. The normalized spacial score (nSPS) is 20.5. The number of phenols is 2. The minimum Gasteiger partial charge on any atom is -0.508 e. The van der Waals surface area contributed by atoms with Crippen LogP contribution in [0.3, 0.4) is 0 Å². The highest BCUT2D eigenvalue weighted by molar-refractivity contribution is 7.99. The molecule has 2 heterocycles. The molecule has 3 N–H and O–H groups in total. The molecule has 2 atom stereocenters. The maximum absolute atomic E-state index is 12.8. The summed E-state index contributed by atoms with van der Waals surface area (Å²) in [7, 11) is 0. The molecule has 1 fully saturated rings. The molecule has 0 aliphatic carbocycles. The van der Waals surface area contributed by atoms with Crippen molar-refractivity contribution in [2.24, 2.45) is 5.92 Å². The Labute approximate surface area is 207 Å². The van der Waals surface area contributed by atoms with Crippen LogP contribution >= 0.6 is 11.8 Å². The molecule has 184 valence electrons. The van der Waals surface area contributed by atoms with E-state index in [9.17, 15) is 15.0 Å². The highest BCUT2D eigenvalue weighted by Gasteiger charge is 2.33. The molecule has 0 spiro atoms. The van der Waals surface area contributed by atoms with Crippen LogP contribution < -0.4 is 5.32 Å². The van der Waals surface area contributed by atoms with E-state index in [2.05, 4.69) is 37.1 Å². The van der Waals surface area contributed by atoms with E-state index in [1.807, 2.05) is 24.3 Å². The maximum atomic E-state index is 12.8. The Morgan fingerprint density at radius 2 is 1.85 bits per heavy atom. The third kappa shape index (κ3) is 6.08. The van der Waals surface area contributed by atoms with Crippen molar-refractivity contribution in [2.45, 2.75) is 68.9 Å². The topological polar surface area (TPSA) is 72.8 Å². The minimum atomic E-state index is -0.0614. The molecule has 2 aromatic rings. The number of fused-ring (bicyclic) bond motifs is 1. The van der Waals surface area contributed by atoms with Crippen molar-refractivity contribution in [3.05, 3.63) is 59.2 Å². The lowest BCUT2D eigenvalue weighted by Crippen LogP contribution is -2.49. The lowest BCUT2D eigenvalue weighted by atomic mass is 9.84. The lowest BCUT2D eigenvalue weighted by molar-refractivity contribution is -0.120. The molecule has 6 heteroatoms. The first-order valence-corrected chi connectivity index (χ1v) is 13.5. The molecule has 34 heavy (non-hydrogen) atoms. The van der Waals surface area contributed by atoms with Crippen molar-refractivity contribution in [1.82, 2.24) is 10.2 Å². The molecular weight excluding hydrogens is 444 g/mol. The van der Waals surface area contributed by atoms with Crippen molar-refractivity contribution in [3.63, 3.8) is 0 Å². The molecule has 1 amide bonds. The zero-order chi connectivity index (χ0) is 24.3. The first kappa shape index (κ1) is 24.9. The molecule has 0 unspecified atom stereocenters. The number of hydrogen-bond donors (Lipinski definition) is 3. The second-order valence-electron chi connectivity index (χ2n) is 10.7. The van der Waals surface area contributed by atoms with Gasteiger partial charge in [-0.15, -0.1) is 11.8 Å². The van der Waals surface area contributed by atoms with Crippen molar-refractivity contribution >= 4 is 17.7 Å².